The Labute approximate surface area is 200 Å². The van der Waals surface area contributed by atoms with Crippen LogP contribution in [0.4, 0.5) is 0 Å². The lowest BCUT2D eigenvalue weighted by Gasteiger charge is -2.13. The lowest BCUT2D eigenvalue weighted by molar-refractivity contribution is 0.0954. The zero-order valence-corrected chi connectivity index (χ0v) is 20.1. The van der Waals surface area contributed by atoms with Crippen molar-refractivity contribution in [2.45, 2.75) is 26.3 Å². The van der Waals surface area contributed by atoms with Crippen molar-refractivity contribution in [3.63, 3.8) is 0 Å². The standard InChI is InChI=1S/C23H30N4O3.HI/c1-2-24-23(26-14-13-25-22(29)18-9-11-20(28)12-10-18)27-15-19-5-3-4-6-21(19)30-16-17-7-8-17;/h3-6,9-12,17,28H,2,7-8,13-16H2,1H3,(H,25,29)(H2,24,26,27);1H. The molecular weight excluding hydrogens is 507 g/mol. The van der Waals surface area contributed by atoms with Crippen LogP contribution in [-0.4, -0.2) is 43.2 Å². The van der Waals surface area contributed by atoms with Crippen LogP contribution in [-0.2, 0) is 6.54 Å². The molecule has 0 bridgehead atoms. The number of hydrogen-bond donors (Lipinski definition) is 4. The summed E-state index contributed by atoms with van der Waals surface area (Å²) in [6.45, 7) is 5.03. The number of ether oxygens (including phenoxy) is 1. The van der Waals surface area contributed by atoms with Crippen molar-refractivity contribution in [1.82, 2.24) is 16.0 Å². The summed E-state index contributed by atoms with van der Waals surface area (Å²) in [5, 5.41) is 18.6. The third-order valence-corrected chi connectivity index (χ3v) is 4.73. The van der Waals surface area contributed by atoms with Crippen molar-refractivity contribution >= 4 is 35.8 Å². The highest BCUT2D eigenvalue weighted by molar-refractivity contribution is 14.0. The number of nitrogens with zero attached hydrogens (tertiary/aromatic N) is 1. The molecule has 168 valence electrons. The second kappa shape index (κ2) is 13.0. The molecule has 4 N–H and O–H groups in total. The molecule has 2 aromatic rings. The van der Waals surface area contributed by atoms with E-state index >= 15 is 0 Å². The van der Waals surface area contributed by atoms with E-state index in [0.717, 1.165) is 24.5 Å². The molecule has 1 aliphatic rings. The number of carbonyl (C=O) groups excluding carboxylic acids is 1. The Hall–Kier alpha value is -2.49. The van der Waals surface area contributed by atoms with Crippen LogP contribution in [0.3, 0.4) is 0 Å². The first-order chi connectivity index (χ1) is 14.7. The molecule has 0 radical (unpaired) electrons. The normalized spacial score (nSPS) is 13.1. The van der Waals surface area contributed by atoms with Gasteiger partial charge in [0.15, 0.2) is 5.96 Å². The number of amides is 1. The number of carbonyl (C=O) groups is 1. The van der Waals surface area contributed by atoms with Crippen LogP contribution < -0.4 is 20.7 Å². The Bertz CT molecular complexity index is 854. The minimum absolute atomic E-state index is 0. The first-order valence-electron chi connectivity index (χ1n) is 10.5. The molecule has 0 unspecified atom stereocenters. The van der Waals surface area contributed by atoms with Crippen LogP contribution in [0.5, 0.6) is 11.5 Å². The van der Waals surface area contributed by atoms with Crippen molar-refractivity contribution in [3.05, 3.63) is 59.7 Å². The second-order valence-corrected chi connectivity index (χ2v) is 7.29. The van der Waals surface area contributed by atoms with Gasteiger partial charge in [0.25, 0.3) is 5.91 Å². The number of hydrogen-bond acceptors (Lipinski definition) is 4. The number of aliphatic imine (C=N–C) groups is 1. The minimum atomic E-state index is -0.180. The van der Waals surface area contributed by atoms with E-state index in [1.807, 2.05) is 31.2 Å². The largest absolute Gasteiger partial charge is 0.508 e. The molecule has 8 heteroatoms. The number of phenolic OH excluding ortho intramolecular Hbond substituents is 1. The molecular formula is C23H31IN4O3. The van der Waals surface area contributed by atoms with Crippen molar-refractivity contribution in [2.75, 3.05) is 26.2 Å². The van der Waals surface area contributed by atoms with Gasteiger partial charge in [-0.3, -0.25) is 4.79 Å². The van der Waals surface area contributed by atoms with Crippen LogP contribution in [0.25, 0.3) is 0 Å². The number of nitrogens with one attached hydrogen (secondary N) is 3. The van der Waals surface area contributed by atoms with Crippen molar-refractivity contribution < 1.29 is 14.6 Å². The van der Waals surface area contributed by atoms with E-state index in [9.17, 15) is 9.90 Å². The van der Waals surface area contributed by atoms with Gasteiger partial charge < -0.3 is 25.8 Å². The molecule has 2 aromatic carbocycles. The summed E-state index contributed by atoms with van der Waals surface area (Å²) >= 11 is 0. The van der Waals surface area contributed by atoms with E-state index in [1.54, 1.807) is 12.1 Å². The summed E-state index contributed by atoms with van der Waals surface area (Å²) in [5.41, 5.74) is 1.56. The molecule has 31 heavy (non-hydrogen) atoms. The van der Waals surface area contributed by atoms with Gasteiger partial charge in [-0.25, -0.2) is 4.99 Å². The Morgan fingerprint density at radius 3 is 2.48 bits per heavy atom. The van der Waals surface area contributed by atoms with Crippen molar-refractivity contribution in [3.8, 4) is 11.5 Å². The minimum Gasteiger partial charge on any atom is -0.508 e. The first kappa shape index (κ1) is 24.8. The molecule has 0 saturated heterocycles. The highest BCUT2D eigenvalue weighted by Crippen LogP contribution is 2.30. The molecule has 0 aromatic heterocycles. The summed E-state index contributed by atoms with van der Waals surface area (Å²) < 4.78 is 5.95. The van der Waals surface area contributed by atoms with Crippen molar-refractivity contribution in [2.24, 2.45) is 10.9 Å². The molecule has 1 fully saturated rings. The summed E-state index contributed by atoms with van der Waals surface area (Å²) in [5.74, 6) is 2.25. The van der Waals surface area contributed by atoms with Gasteiger partial charge in [0, 0.05) is 30.8 Å². The van der Waals surface area contributed by atoms with Gasteiger partial charge in [0.05, 0.1) is 13.2 Å². The Kier molecular flexibility index (Phi) is 10.4. The summed E-state index contributed by atoms with van der Waals surface area (Å²) in [6, 6.07) is 14.2. The Balaban J connectivity index is 0.00000341. The monoisotopic (exact) mass is 538 g/mol. The maximum atomic E-state index is 12.1. The number of phenols is 1. The number of guanidine groups is 1. The van der Waals surface area contributed by atoms with Crippen LogP contribution in [0, 0.1) is 5.92 Å². The van der Waals surface area contributed by atoms with E-state index in [2.05, 4.69) is 20.9 Å². The molecule has 0 spiro atoms. The van der Waals surface area contributed by atoms with Gasteiger partial charge in [-0.15, -0.1) is 24.0 Å². The molecule has 0 aliphatic heterocycles. The van der Waals surface area contributed by atoms with E-state index in [1.165, 1.54) is 25.0 Å². The predicted molar refractivity (Wildman–Crippen MR) is 133 cm³/mol. The second-order valence-electron chi connectivity index (χ2n) is 7.29. The number of para-hydroxylation sites is 1. The molecule has 0 heterocycles. The van der Waals surface area contributed by atoms with Crippen molar-refractivity contribution in [1.29, 1.82) is 0 Å². The molecule has 0 atom stereocenters. The summed E-state index contributed by atoms with van der Waals surface area (Å²) in [7, 11) is 0. The van der Waals surface area contributed by atoms with Gasteiger partial charge in [-0.2, -0.15) is 0 Å². The van der Waals surface area contributed by atoms with Gasteiger partial charge in [0.2, 0.25) is 0 Å². The number of rotatable bonds is 10. The number of halogens is 1. The lowest BCUT2D eigenvalue weighted by atomic mass is 10.2. The van der Waals surface area contributed by atoms with Gasteiger partial charge in [-0.1, -0.05) is 18.2 Å². The SMILES string of the molecule is CCNC(=NCc1ccccc1OCC1CC1)NCCNC(=O)c1ccc(O)cc1.I. The maximum absolute atomic E-state index is 12.1. The van der Waals surface area contributed by atoms with Gasteiger partial charge >= 0.3 is 0 Å². The van der Waals surface area contributed by atoms with E-state index in [4.69, 9.17) is 4.74 Å². The molecule has 7 nitrogen and oxygen atoms in total. The van der Waals surface area contributed by atoms with Crippen LogP contribution >= 0.6 is 24.0 Å². The quantitative estimate of drug-likeness (QED) is 0.161. The van der Waals surface area contributed by atoms with E-state index in [0.29, 0.717) is 37.1 Å². The van der Waals surface area contributed by atoms with Crippen LogP contribution in [0.1, 0.15) is 35.7 Å². The Morgan fingerprint density at radius 1 is 1.06 bits per heavy atom. The summed E-state index contributed by atoms with van der Waals surface area (Å²) in [6.07, 6.45) is 2.52. The third kappa shape index (κ3) is 8.64. The molecule has 3 rings (SSSR count). The average Bonchev–Trinajstić information content (AvgIpc) is 3.59. The zero-order chi connectivity index (χ0) is 21.2. The Morgan fingerprint density at radius 2 is 1.77 bits per heavy atom. The maximum Gasteiger partial charge on any atom is 0.251 e. The highest BCUT2D eigenvalue weighted by atomic mass is 127. The van der Waals surface area contributed by atoms with E-state index in [-0.39, 0.29) is 35.6 Å². The zero-order valence-electron chi connectivity index (χ0n) is 17.8. The van der Waals surface area contributed by atoms with Gasteiger partial charge in [-0.05, 0) is 56.0 Å². The molecule has 1 saturated carbocycles. The first-order valence-corrected chi connectivity index (χ1v) is 10.5. The molecule has 1 aliphatic carbocycles. The molecule has 1 amide bonds. The topological polar surface area (TPSA) is 95.0 Å². The fourth-order valence-electron chi connectivity index (χ4n) is 2.85. The number of aromatic hydroxyl groups is 1. The average molecular weight is 538 g/mol. The predicted octanol–water partition coefficient (Wildman–Crippen LogP) is 3.28. The van der Waals surface area contributed by atoms with Crippen LogP contribution in [0.2, 0.25) is 0 Å². The third-order valence-electron chi connectivity index (χ3n) is 4.73. The van der Waals surface area contributed by atoms with Gasteiger partial charge in [0.1, 0.15) is 11.5 Å². The smallest absolute Gasteiger partial charge is 0.251 e. The summed E-state index contributed by atoms with van der Waals surface area (Å²) in [4.78, 5) is 16.8. The fraction of sp³-hybridized carbons (Fsp3) is 0.391. The number of benzene rings is 2. The highest BCUT2D eigenvalue weighted by Gasteiger charge is 2.22. The fourth-order valence-corrected chi connectivity index (χ4v) is 2.85. The van der Waals surface area contributed by atoms with Crippen LogP contribution in [0.15, 0.2) is 53.5 Å². The lowest BCUT2D eigenvalue weighted by Crippen LogP contribution is -2.41. The van der Waals surface area contributed by atoms with E-state index < -0.39 is 0 Å².